The number of benzene rings is 1. The van der Waals surface area contributed by atoms with Gasteiger partial charge in [0, 0.05) is 51.6 Å². The lowest BCUT2D eigenvalue weighted by Crippen LogP contribution is -2.36. The third kappa shape index (κ3) is 4.28. The standard InChI is InChI=1S/C17H22F2N3O5P/c1-11(23)20-9-13-10-22(17(24)27-13)12-7-14(18)16(15(19)8-12)21-3-5-28(25,26-2)6-4-21/h7-8,13H,3-6,9-10H2,1-2H3,(H,20,23)/t13-/m0/s1. The van der Waals surface area contributed by atoms with Crippen LogP contribution in [0.1, 0.15) is 6.92 Å². The number of hydrogen-bond donors (Lipinski definition) is 1. The Hall–Kier alpha value is -2.19. The number of hydrogen-bond acceptors (Lipinski definition) is 6. The molecule has 0 radical (unpaired) electrons. The van der Waals surface area contributed by atoms with Crippen LogP contribution in [0, 0.1) is 11.6 Å². The van der Waals surface area contributed by atoms with Gasteiger partial charge in [-0.1, -0.05) is 0 Å². The highest BCUT2D eigenvalue weighted by Gasteiger charge is 2.35. The molecule has 28 heavy (non-hydrogen) atoms. The van der Waals surface area contributed by atoms with Crippen LogP contribution >= 0.6 is 7.37 Å². The highest BCUT2D eigenvalue weighted by molar-refractivity contribution is 7.59. The monoisotopic (exact) mass is 417 g/mol. The molecule has 0 aromatic heterocycles. The summed E-state index contributed by atoms with van der Waals surface area (Å²) < 4.78 is 51.7. The number of rotatable bonds is 5. The van der Waals surface area contributed by atoms with E-state index in [9.17, 15) is 22.9 Å². The molecule has 0 unspecified atom stereocenters. The lowest BCUT2D eigenvalue weighted by molar-refractivity contribution is -0.119. The SMILES string of the molecule is COP1(=O)CCN(c2c(F)cc(N3C[C@H](CNC(C)=O)OC3=O)cc2F)CC1. The van der Waals surface area contributed by atoms with Gasteiger partial charge in [-0.25, -0.2) is 13.6 Å². The van der Waals surface area contributed by atoms with Gasteiger partial charge >= 0.3 is 6.09 Å². The normalized spacial score (nSPS) is 21.6. The average molecular weight is 417 g/mol. The molecule has 1 aromatic rings. The molecule has 1 N–H and O–H groups in total. The maximum atomic E-state index is 14.7. The first-order valence-corrected chi connectivity index (χ1v) is 10.8. The van der Waals surface area contributed by atoms with Crippen molar-refractivity contribution in [2.75, 3.05) is 55.4 Å². The molecule has 2 fully saturated rings. The highest BCUT2D eigenvalue weighted by Crippen LogP contribution is 2.48. The molecule has 3 rings (SSSR count). The van der Waals surface area contributed by atoms with Crippen molar-refractivity contribution in [2.24, 2.45) is 0 Å². The average Bonchev–Trinajstić information content (AvgIpc) is 3.02. The smallest absolute Gasteiger partial charge is 0.414 e. The van der Waals surface area contributed by atoms with E-state index >= 15 is 0 Å². The largest absolute Gasteiger partial charge is 0.442 e. The van der Waals surface area contributed by atoms with Gasteiger partial charge in [0.05, 0.1) is 18.8 Å². The number of ether oxygens (including phenoxy) is 1. The minimum atomic E-state index is -2.72. The minimum absolute atomic E-state index is 0.0358. The predicted octanol–water partition coefficient (Wildman–Crippen LogP) is 2.17. The van der Waals surface area contributed by atoms with Crippen LogP contribution in [0.25, 0.3) is 0 Å². The van der Waals surface area contributed by atoms with E-state index < -0.39 is 31.2 Å². The second-order valence-corrected chi connectivity index (χ2v) is 9.63. The summed E-state index contributed by atoms with van der Waals surface area (Å²) in [5.74, 6) is -1.90. The fourth-order valence-electron chi connectivity index (χ4n) is 3.28. The van der Waals surface area contributed by atoms with Crippen molar-refractivity contribution in [1.29, 1.82) is 0 Å². The third-order valence-electron chi connectivity index (χ3n) is 4.84. The van der Waals surface area contributed by atoms with Crippen molar-refractivity contribution in [2.45, 2.75) is 13.0 Å². The maximum absolute atomic E-state index is 14.7. The molecule has 2 aliphatic heterocycles. The van der Waals surface area contributed by atoms with Gasteiger partial charge < -0.3 is 19.5 Å². The Balaban J connectivity index is 1.75. The molecule has 8 nitrogen and oxygen atoms in total. The van der Waals surface area contributed by atoms with E-state index in [0.717, 1.165) is 17.0 Å². The molecule has 0 bridgehead atoms. The number of cyclic esters (lactones) is 1. The van der Waals surface area contributed by atoms with Gasteiger partial charge in [0.1, 0.15) is 11.8 Å². The third-order valence-corrected chi connectivity index (χ3v) is 7.26. The van der Waals surface area contributed by atoms with Gasteiger partial charge in [-0.3, -0.25) is 14.3 Å². The molecule has 2 aliphatic rings. The van der Waals surface area contributed by atoms with Crippen LogP contribution in [0.15, 0.2) is 12.1 Å². The minimum Gasteiger partial charge on any atom is -0.442 e. The van der Waals surface area contributed by atoms with Gasteiger partial charge in [-0.15, -0.1) is 0 Å². The van der Waals surface area contributed by atoms with Crippen molar-refractivity contribution in [1.82, 2.24) is 5.32 Å². The van der Waals surface area contributed by atoms with E-state index in [4.69, 9.17) is 9.26 Å². The molecule has 2 saturated heterocycles. The summed E-state index contributed by atoms with van der Waals surface area (Å²) in [6.45, 7) is 1.95. The molecule has 2 heterocycles. The number of carbonyl (C=O) groups is 2. The molecule has 0 spiro atoms. The first-order chi connectivity index (χ1) is 13.2. The lowest BCUT2D eigenvalue weighted by atomic mass is 10.2. The van der Waals surface area contributed by atoms with Gasteiger partial charge in [0.15, 0.2) is 11.6 Å². The zero-order valence-corrected chi connectivity index (χ0v) is 16.5. The number of anilines is 2. The quantitative estimate of drug-likeness (QED) is 0.739. The van der Waals surface area contributed by atoms with E-state index in [1.165, 1.54) is 18.9 Å². The summed E-state index contributed by atoms with van der Waals surface area (Å²) in [5.41, 5.74) is -0.179. The topological polar surface area (TPSA) is 88.2 Å². The fraction of sp³-hybridized carbons (Fsp3) is 0.529. The Kier molecular flexibility index (Phi) is 5.90. The number of carbonyl (C=O) groups excluding carboxylic acids is 2. The molecule has 1 atom stereocenters. The molecular weight excluding hydrogens is 395 g/mol. The van der Waals surface area contributed by atoms with E-state index in [2.05, 4.69) is 5.32 Å². The van der Waals surface area contributed by atoms with Crippen LogP contribution in [-0.4, -0.2) is 63.7 Å². The van der Waals surface area contributed by atoms with Crippen LogP contribution in [0.2, 0.25) is 0 Å². The van der Waals surface area contributed by atoms with E-state index in [0.29, 0.717) is 0 Å². The zero-order valence-electron chi connectivity index (χ0n) is 15.6. The Bertz CT molecular complexity index is 802. The summed E-state index contributed by atoms with van der Waals surface area (Å²) in [6, 6.07) is 2.15. The first-order valence-electron chi connectivity index (χ1n) is 8.83. The molecule has 154 valence electrons. The second kappa shape index (κ2) is 8.05. The Morgan fingerprint density at radius 2 is 1.93 bits per heavy atom. The van der Waals surface area contributed by atoms with Crippen LogP contribution in [0.5, 0.6) is 0 Å². The van der Waals surface area contributed by atoms with E-state index in [1.54, 1.807) is 0 Å². The van der Waals surface area contributed by atoms with Crippen LogP contribution in [0.3, 0.4) is 0 Å². The number of amides is 2. The van der Waals surface area contributed by atoms with Gasteiger partial charge in [-0.05, 0) is 0 Å². The van der Waals surface area contributed by atoms with Crippen molar-refractivity contribution < 1.29 is 32.2 Å². The van der Waals surface area contributed by atoms with Crippen LogP contribution in [-0.2, 0) is 18.6 Å². The molecule has 0 saturated carbocycles. The van der Waals surface area contributed by atoms with E-state index in [1.807, 2.05) is 0 Å². The Morgan fingerprint density at radius 3 is 2.46 bits per heavy atom. The van der Waals surface area contributed by atoms with Crippen molar-refractivity contribution >= 4 is 30.7 Å². The molecule has 11 heteroatoms. The summed E-state index contributed by atoms with van der Waals surface area (Å²) in [4.78, 5) is 25.6. The Morgan fingerprint density at radius 1 is 1.32 bits per heavy atom. The Labute approximate surface area is 161 Å². The first kappa shape index (κ1) is 20.5. The summed E-state index contributed by atoms with van der Waals surface area (Å²) in [7, 11) is -1.35. The molecular formula is C17H22F2N3O5P. The molecule has 1 aromatic carbocycles. The van der Waals surface area contributed by atoms with Gasteiger partial charge in [-0.2, -0.15) is 0 Å². The van der Waals surface area contributed by atoms with Crippen LogP contribution < -0.4 is 15.1 Å². The van der Waals surface area contributed by atoms with Crippen molar-refractivity contribution in [3.8, 4) is 0 Å². The number of halogens is 2. The highest BCUT2D eigenvalue weighted by atomic mass is 31.2. The molecule has 2 amide bonds. The van der Waals surface area contributed by atoms with Crippen molar-refractivity contribution in [3.05, 3.63) is 23.8 Å². The summed E-state index contributed by atoms with van der Waals surface area (Å²) >= 11 is 0. The second-order valence-electron chi connectivity index (χ2n) is 6.74. The molecule has 0 aliphatic carbocycles. The summed E-state index contributed by atoms with van der Waals surface area (Å²) in [5, 5.41) is 2.54. The van der Waals surface area contributed by atoms with E-state index in [-0.39, 0.29) is 55.8 Å². The van der Waals surface area contributed by atoms with Gasteiger partial charge in [0.25, 0.3) is 0 Å². The van der Waals surface area contributed by atoms with Gasteiger partial charge in [0.2, 0.25) is 13.3 Å². The zero-order chi connectivity index (χ0) is 20.5. The predicted molar refractivity (Wildman–Crippen MR) is 99.2 cm³/mol. The number of nitrogens with one attached hydrogen (secondary N) is 1. The fourth-order valence-corrected chi connectivity index (χ4v) is 4.96. The lowest BCUT2D eigenvalue weighted by Gasteiger charge is -2.33. The van der Waals surface area contributed by atoms with Crippen molar-refractivity contribution in [3.63, 3.8) is 0 Å². The maximum Gasteiger partial charge on any atom is 0.414 e. The summed E-state index contributed by atoms with van der Waals surface area (Å²) in [6.07, 6.45) is -0.908. The number of nitrogens with zero attached hydrogens (tertiary/aromatic N) is 2. The van der Waals surface area contributed by atoms with Crippen LogP contribution in [0.4, 0.5) is 25.0 Å².